The van der Waals surface area contributed by atoms with Crippen molar-refractivity contribution in [3.8, 4) is 17.1 Å². The van der Waals surface area contributed by atoms with E-state index in [1.165, 1.54) is 7.11 Å². The van der Waals surface area contributed by atoms with Gasteiger partial charge in [0.15, 0.2) is 5.11 Å². The van der Waals surface area contributed by atoms with Gasteiger partial charge in [0.1, 0.15) is 23.3 Å². The molecule has 2 N–H and O–H groups in total. The SMILES string of the molecule is COc1ccc(N2C(=S)N[C@H](c3ccccn3)[C@H]2c2ccc(-c3ccc(C)c(Cl)c3)o2)cc1NS(C)(=O)=O. The van der Waals surface area contributed by atoms with E-state index in [4.69, 9.17) is 33.0 Å². The number of benzene rings is 2. The molecule has 0 spiro atoms. The Kier molecular flexibility index (Phi) is 7.04. The molecule has 0 saturated carbocycles. The number of sulfonamides is 1. The Bertz CT molecular complexity index is 1610. The molecule has 0 aliphatic carbocycles. The maximum Gasteiger partial charge on any atom is 0.229 e. The third kappa shape index (κ3) is 5.20. The topological polar surface area (TPSA) is 96.7 Å². The number of methoxy groups -OCH3 is 1. The summed E-state index contributed by atoms with van der Waals surface area (Å²) in [5, 5.41) is 4.47. The van der Waals surface area contributed by atoms with E-state index in [-0.39, 0.29) is 6.04 Å². The molecule has 1 saturated heterocycles. The van der Waals surface area contributed by atoms with E-state index >= 15 is 0 Å². The van der Waals surface area contributed by atoms with Gasteiger partial charge in [0.2, 0.25) is 10.0 Å². The Hall–Kier alpha value is -3.60. The zero-order valence-corrected chi connectivity index (χ0v) is 23.2. The maximum absolute atomic E-state index is 12.0. The summed E-state index contributed by atoms with van der Waals surface area (Å²) >= 11 is 12.1. The molecule has 38 heavy (non-hydrogen) atoms. The van der Waals surface area contributed by atoms with Gasteiger partial charge in [0.25, 0.3) is 0 Å². The second-order valence-electron chi connectivity index (χ2n) is 8.92. The minimum absolute atomic E-state index is 0.296. The van der Waals surface area contributed by atoms with Crippen molar-refractivity contribution in [2.75, 3.05) is 23.0 Å². The summed E-state index contributed by atoms with van der Waals surface area (Å²) in [6, 6.07) is 19.7. The number of aryl methyl sites for hydroxylation is 1. The summed E-state index contributed by atoms with van der Waals surface area (Å²) in [7, 11) is -2.07. The second-order valence-corrected chi connectivity index (χ2v) is 11.5. The molecule has 0 unspecified atom stereocenters. The average molecular weight is 569 g/mol. The van der Waals surface area contributed by atoms with Crippen LogP contribution in [0.2, 0.25) is 5.02 Å². The van der Waals surface area contributed by atoms with Crippen LogP contribution in [0, 0.1) is 6.92 Å². The number of thiocarbonyl (C=S) groups is 1. The normalized spacial score (nSPS) is 17.4. The van der Waals surface area contributed by atoms with Gasteiger partial charge in [0, 0.05) is 22.5 Å². The van der Waals surface area contributed by atoms with Crippen LogP contribution in [0.1, 0.15) is 29.1 Å². The van der Waals surface area contributed by atoms with Crippen LogP contribution in [0.25, 0.3) is 11.3 Å². The number of rotatable bonds is 7. The molecule has 1 aliphatic heterocycles. The molecule has 196 valence electrons. The number of halogens is 1. The molecule has 4 aromatic rings. The zero-order chi connectivity index (χ0) is 27.0. The molecule has 5 rings (SSSR count). The molecule has 2 aromatic heterocycles. The molecule has 0 amide bonds. The number of hydrogen-bond acceptors (Lipinski definition) is 6. The Morgan fingerprint density at radius 1 is 1.13 bits per heavy atom. The molecule has 3 heterocycles. The van der Waals surface area contributed by atoms with Crippen LogP contribution in [0.15, 0.2) is 77.3 Å². The molecule has 11 heteroatoms. The van der Waals surface area contributed by atoms with Gasteiger partial charge in [-0.05, 0) is 73.2 Å². The van der Waals surface area contributed by atoms with Crippen molar-refractivity contribution in [2.45, 2.75) is 19.0 Å². The Morgan fingerprint density at radius 2 is 1.95 bits per heavy atom. The van der Waals surface area contributed by atoms with Crippen molar-refractivity contribution in [2.24, 2.45) is 0 Å². The zero-order valence-electron chi connectivity index (χ0n) is 20.8. The predicted molar refractivity (Wildman–Crippen MR) is 153 cm³/mol. The first-order valence-corrected chi connectivity index (χ1v) is 14.3. The number of ether oxygens (including phenoxy) is 1. The van der Waals surface area contributed by atoms with Gasteiger partial charge >= 0.3 is 0 Å². The quantitative estimate of drug-likeness (QED) is 0.268. The minimum atomic E-state index is -3.55. The van der Waals surface area contributed by atoms with Gasteiger partial charge in [0.05, 0.1) is 30.8 Å². The van der Waals surface area contributed by atoms with Gasteiger partial charge in [-0.15, -0.1) is 0 Å². The van der Waals surface area contributed by atoms with Crippen molar-refractivity contribution in [1.82, 2.24) is 10.3 Å². The van der Waals surface area contributed by atoms with E-state index in [0.717, 1.165) is 23.1 Å². The van der Waals surface area contributed by atoms with Gasteiger partial charge in [-0.2, -0.15) is 0 Å². The van der Waals surface area contributed by atoms with Gasteiger partial charge in [-0.25, -0.2) is 8.42 Å². The first-order chi connectivity index (χ1) is 18.1. The van der Waals surface area contributed by atoms with Crippen LogP contribution < -0.4 is 19.7 Å². The Labute approximate surface area is 231 Å². The van der Waals surface area contributed by atoms with Crippen LogP contribution in [-0.4, -0.2) is 31.9 Å². The third-order valence-corrected chi connectivity index (χ3v) is 7.54. The number of aromatic nitrogens is 1. The van der Waals surface area contributed by atoms with Crippen LogP contribution in [-0.2, 0) is 10.0 Å². The van der Waals surface area contributed by atoms with E-state index in [9.17, 15) is 8.42 Å². The molecule has 1 aliphatic rings. The Morgan fingerprint density at radius 3 is 2.63 bits per heavy atom. The van der Waals surface area contributed by atoms with Crippen LogP contribution in [0.5, 0.6) is 5.75 Å². The highest BCUT2D eigenvalue weighted by Gasteiger charge is 2.42. The van der Waals surface area contributed by atoms with Gasteiger partial charge < -0.3 is 19.4 Å². The summed E-state index contributed by atoms with van der Waals surface area (Å²) in [4.78, 5) is 6.45. The lowest BCUT2D eigenvalue weighted by Gasteiger charge is -2.27. The smallest absolute Gasteiger partial charge is 0.229 e. The highest BCUT2D eigenvalue weighted by molar-refractivity contribution is 7.92. The van der Waals surface area contributed by atoms with Crippen molar-refractivity contribution in [3.63, 3.8) is 0 Å². The van der Waals surface area contributed by atoms with E-state index in [1.54, 1.807) is 18.3 Å². The van der Waals surface area contributed by atoms with Crippen molar-refractivity contribution in [1.29, 1.82) is 0 Å². The molecule has 0 bridgehead atoms. The van der Waals surface area contributed by atoms with Crippen LogP contribution >= 0.6 is 23.8 Å². The summed E-state index contributed by atoms with van der Waals surface area (Å²) in [6.45, 7) is 1.95. The molecule has 1 fully saturated rings. The summed E-state index contributed by atoms with van der Waals surface area (Å²) in [5.41, 5.74) is 3.55. The number of furan rings is 1. The number of hydrogen-bond donors (Lipinski definition) is 2. The number of nitrogens with zero attached hydrogens (tertiary/aromatic N) is 2. The van der Waals surface area contributed by atoms with Crippen molar-refractivity contribution < 1.29 is 17.6 Å². The second kappa shape index (κ2) is 10.3. The fourth-order valence-corrected chi connectivity index (χ4v) is 5.55. The molecule has 0 radical (unpaired) electrons. The number of anilines is 2. The van der Waals surface area contributed by atoms with Crippen molar-refractivity contribution >= 4 is 50.3 Å². The van der Waals surface area contributed by atoms with E-state index in [1.807, 2.05) is 66.4 Å². The highest BCUT2D eigenvalue weighted by Crippen LogP contribution is 2.44. The molecule has 8 nitrogen and oxygen atoms in total. The third-order valence-electron chi connectivity index (χ3n) is 6.23. The minimum Gasteiger partial charge on any atom is -0.495 e. The highest BCUT2D eigenvalue weighted by atomic mass is 35.5. The first-order valence-electron chi connectivity index (χ1n) is 11.7. The lowest BCUT2D eigenvalue weighted by atomic mass is 10.0. The number of nitrogens with one attached hydrogen (secondary N) is 2. The lowest BCUT2D eigenvalue weighted by molar-refractivity contribution is 0.416. The Balaban J connectivity index is 1.61. The summed E-state index contributed by atoms with van der Waals surface area (Å²) in [5.74, 6) is 1.69. The lowest BCUT2D eigenvalue weighted by Crippen LogP contribution is -2.29. The average Bonchev–Trinajstić information content (AvgIpc) is 3.50. The van der Waals surface area contributed by atoms with Gasteiger partial charge in [-0.3, -0.25) is 9.71 Å². The largest absolute Gasteiger partial charge is 0.495 e. The molecular weight excluding hydrogens is 544 g/mol. The van der Waals surface area contributed by atoms with Gasteiger partial charge in [-0.1, -0.05) is 29.8 Å². The monoisotopic (exact) mass is 568 g/mol. The van der Waals surface area contributed by atoms with Crippen LogP contribution in [0.4, 0.5) is 11.4 Å². The standard InChI is InChI=1S/C27H25ClN4O4S2/c1-16-7-8-17(14-19(16)28)22-11-12-24(36-22)26-25(20-6-4-5-13-29-20)30-27(37)32(26)18-9-10-23(35-2)21(15-18)31-38(3,33)34/h4-15,25-26,31H,1-3H3,(H,30,37)/t25-,26-/m1/s1. The first kappa shape index (κ1) is 26.0. The van der Waals surface area contributed by atoms with E-state index in [0.29, 0.717) is 38.8 Å². The fourth-order valence-electron chi connectivity index (χ4n) is 4.46. The molecular formula is C27H25ClN4O4S2. The number of pyridine rings is 1. The van der Waals surface area contributed by atoms with E-state index in [2.05, 4.69) is 15.0 Å². The summed E-state index contributed by atoms with van der Waals surface area (Å²) < 4.78 is 38.3. The maximum atomic E-state index is 12.0. The summed E-state index contributed by atoms with van der Waals surface area (Å²) in [6.07, 6.45) is 2.81. The molecule has 2 atom stereocenters. The van der Waals surface area contributed by atoms with Crippen molar-refractivity contribution in [3.05, 3.63) is 95.0 Å². The predicted octanol–water partition coefficient (Wildman–Crippen LogP) is 5.86. The fraction of sp³-hybridized carbons (Fsp3) is 0.185. The van der Waals surface area contributed by atoms with Crippen LogP contribution in [0.3, 0.4) is 0 Å². The van der Waals surface area contributed by atoms with E-state index < -0.39 is 16.1 Å². The molecule has 2 aromatic carbocycles.